The molecule has 0 saturated heterocycles. The van der Waals surface area contributed by atoms with Gasteiger partial charge in [0.05, 0.1) is 6.10 Å². The summed E-state index contributed by atoms with van der Waals surface area (Å²) in [6.07, 6.45) is 2.61. The average molecular weight is 271 g/mol. The molecule has 0 heterocycles. The quantitative estimate of drug-likeness (QED) is 0.834. The van der Waals surface area contributed by atoms with Gasteiger partial charge in [-0.1, -0.05) is 25.4 Å². The second-order valence-electron chi connectivity index (χ2n) is 5.83. The summed E-state index contributed by atoms with van der Waals surface area (Å²) in [5, 5.41) is 10.8. The van der Waals surface area contributed by atoms with E-state index in [1.54, 1.807) is 6.07 Å². The molecule has 1 saturated carbocycles. The first kappa shape index (κ1) is 13.8. The normalized spacial score (nSPS) is 30.2. The van der Waals surface area contributed by atoms with Crippen molar-refractivity contribution in [3.8, 4) is 0 Å². The van der Waals surface area contributed by atoms with E-state index in [-0.39, 0.29) is 11.7 Å². The molecule has 0 amide bonds. The van der Waals surface area contributed by atoms with Gasteiger partial charge in [-0.2, -0.15) is 0 Å². The predicted octanol–water partition coefficient (Wildman–Crippen LogP) is 4.58. The Balaban J connectivity index is 2.17. The number of aliphatic hydroxyl groups excluding tert-OH is 1. The maximum absolute atomic E-state index is 13.3. The monoisotopic (exact) mass is 270 g/mol. The highest BCUT2D eigenvalue weighted by atomic mass is 35.5. The molecular formula is C15H20ClFO. The van der Waals surface area contributed by atoms with Crippen LogP contribution < -0.4 is 0 Å². The maximum Gasteiger partial charge on any atom is 0.125 e. The van der Waals surface area contributed by atoms with Crippen LogP contribution >= 0.6 is 11.6 Å². The van der Waals surface area contributed by atoms with Crippen molar-refractivity contribution >= 4 is 11.6 Å². The first-order valence-corrected chi connectivity index (χ1v) is 6.97. The summed E-state index contributed by atoms with van der Waals surface area (Å²) in [5.41, 5.74) is 0.603. The van der Waals surface area contributed by atoms with Crippen LogP contribution in [0, 0.1) is 23.6 Å². The standard InChI is InChI=1S/C15H20ClFO/c1-9-3-10(2)5-11(4-9)15(18)12-6-13(16)8-14(17)7-12/h6-11,15,18H,3-5H2,1-2H3. The number of rotatable bonds is 2. The molecule has 1 aromatic carbocycles. The summed E-state index contributed by atoms with van der Waals surface area (Å²) in [6.45, 7) is 4.43. The van der Waals surface area contributed by atoms with E-state index in [4.69, 9.17) is 11.6 Å². The van der Waals surface area contributed by atoms with Crippen LogP contribution in [-0.4, -0.2) is 5.11 Å². The molecule has 3 unspecified atom stereocenters. The van der Waals surface area contributed by atoms with Gasteiger partial charge in [0.2, 0.25) is 0 Å². The van der Waals surface area contributed by atoms with Gasteiger partial charge in [-0.25, -0.2) is 4.39 Å². The summed E-state index contributed by atoms with van der Waals surface area (Å²) < 4.78 is 13.3. The number of benzene rings is 1. The van der Waals surface area contributed by atoms with Crippen LogP contribution in [0.3, 0.4) is 0 Å². The van der Waals surface area contributed by atoms with Crippen molar-refractivity contribution in [2.75, 3.05) is 0 Å². The van der Waals surface area contributed by atoms with Gasteiger partial charge in [0, 0.05) is 5.02 Å². The zero-order chi connectivity index (χ0) is 13.3. The molecule has 1 nitrogen and oxygen atoms in total. The fourth-order valence-corrected chi connectivity index (χ4v) is 3.52. The van der Waals surface area contributed by atoms with Gasteiger partial charge in [-0.05, 0) is 60.8 Å². The number of hydrogen-bond donors (Lipinski definition) is 1. The molecule has 18 heavy (non-hydrogen) atoms. The number of aliphatic hydroxyl groups is 1. The molecule has 3 heteroatoms. The molecule has 0 spiro atoms. The van der Waals surface area contributed by atoms with Gasteiger partial charge in [0.1, 0.15) is 5.82 Å². The molecular weight excluding hydrogens is 251 g/mol. The highest BCUT2D eigenvalue weighted by Crippen LogP contribution is 2.40. The summed E-state index contributed by atoms with van der Waals surface area (Å²) in [6, 6.07) is 4.32. The van der Waals surface area contributed by atoms with Crippen LogP contribution in [0.5, 0.6) is 0 Å². The van der Waals surface area contributed by atoms with Crippen molar-refractivity contribution in [2.45, 2.75) is 39.2 Å². The van der Waals surface area contributed by atoms with Crippen LogP contribution in [0.25, 0.3) is 0 Å². The van der Waals surface area contributed by atoms with E-state index in [1.165, 1.54) is 18.6 Å². The third kappa shape index (κ3) is 3.24. The van der Waals surface area contributed by atoms with Crippen LogP contribution in [0.2, 0.25) is 5.02 Å². The van der Waals surface area contributed by atoms with Crippen molar-refractivity contribution in [1.82, 2.24) is 0 Å². The minimum absolute atomic E-state index is 0.210. The van der Waals surface area contributed by atoms with Crippen LogP contribution in [0.1, 0.15) is 44.8 Å². The second-order valence-corrected chi connectivity index (χ2v) is 6.26. The second kappa shape index (κ2) is 5.58. The Morgan fingerprint density at radius 3 is 2.33 bits per heavy atom. The Morgan fingerprint density at radius 2 is 1.78 bits per heavy atom. The van der Waals surface area contributed by atoms with Gasteiger partial charge in [-0.3, -0.25) is 0 Å². The zero-order valence-corrected chi connectivity index (χ0v) is 11.6. The minimum Gasteiger partial charge on any atom is -0.388 e. The topological polar surface area (TPSA) is 20.2 Å². The summed E-state index contributed by atoms with van der Waals surface area (Å²) in [7, 11) is 0. The lowest BCUT2D eigenvalue weighted by Crippen LogP contribution is -2.24. The average Bonchev–Trinajstić information content (AvgIpc) is 2.25. The minimum atomic E-state index is -0.608. The molecule has 0 bridgehead atoms. The molecule has 1 fully saturated rings. The molecule has 100 valence electrons. The Labute approximate surface area is 113 Å². The van der Waals surface area contributed by atoms with Gasteiger partial charge in [-0.15, -0.1) is 0 Å². The van der Waals surface area contributed by atoms with E-state index in [2.05, 4.69) is 13.8 Å². The van der Waals surface area contributed by atoms with E-state index in [0.29, 0.717) is 22.4 Å². The van der Waals surface area contributed by atoms with Crippen LogP contribution in [0.4, 0.5) is 4.39 Å². The Morgan fingerprint density at radius 1 is 1.17 bits per heavy atom. The fourth-order valence-electron chi connectivity index (χ4n) is 3.29. The molecule has 1 aliphatic carbocycles. The molecule has 2 rings (SSSR count). The predicted molar refractivity (Wildman–Crippen MR) is 72.0 cm³/mol. The summed E-state index contributed by atoms with van der Waals surface area (Å²) in [5.74, 6) is 1.07. The summed E-state index contributed by atoms with van der Waals surface area (Å²) in [4.78, 5) is 0. The van der Waals surface area contributed by atoms with E-state index in [1.807, 2.05) is 0 Å². The van der Waals surface area contributed by atoms with Gasteiger partial charge >= 0.3 is 0 Å². The van der Waals surface area contributed by atoms with Crippen molar-refractivity contribution in [1.29, 1.82) is 0 Å². The summed E-state index contributed by atoms with van der Waals surface area (Å²) >= 11 is 5.84. The Bertz CT molecular complexity index is 391. The van der Waals surface area contributed by atoms with Gasteiger partial charge < -0.3 is 5.11 Å². The molecule has 1 aliphatic rings. The maximum atomic E-state index is 13.3. The Hall–Kier alpha value is -0.600. The van der Waals surface area contributed by atoms with E-state index < -0.39 is 6.10 Å². The van der Waals surface area contributed by atoms with Gasteiger partial charge in [0.15, 0.2) is 0 Å². The van der Waals surface area contributed by atoms with E-state index in [0.717, 1.165) is 12.8 Å². The van der Waals surface area contributed by atoms with Crippen LogP contribution in [0.15, 0.2) is 18.2 Å². The number of hydrogen-bond acceptors (Lipinski definition) is 1. The van der Waals surface area contributed by atoms with Crippen molar-refractivity contribution in [3.05, 3.63) is 34.6 Å². The van der Waals surface area contributed by atoms with Gasteiger partial charge in [0.25, 0.3) is 0 Å². The lowest BCUT2D eigenvalue weighted by Gasteiger charge is -2.34. The highest BCUT2D eigenvalue weighted by molar-refractivity contribution is 6.30. The van der Waals surface area contributed by atoms with Crippen molar-refractivity contribution in [3.63, 3.8) is 0 Å². The SMILES string of the molecule is CC1CC(C)CC(C(O)c2cc(F)cc(Cl)c2)C1. The smallest absolute Gasteiger partial charge is 0.125 e. The molecule has 1 N–H and O–H groups in total. The molecule has 0 aromatic heterocycles. The van der Waals surface area contributed by atoms with E-state index >= 15 is 0 Å². The zero-order valence-electron chi connectivity index (χ0n) is 10.9. The first-order valence-electron chi connectivity index (χ1n) is 6.59. The lowest BCUT2D eigenvalue weighted by atomic mass is 9.73. The van der Waals surface area contributed by atoms with E-state index in [9.17, 15) is 9.50 Å². The third-order valence-corrected chi connectivity index (χ3v) is 4.11. The molecule has 0 radical (unpaired) electrons. The van der Waals surface area contributed by atoms with Crippen molar-refractivity contribution < 1.29 is 9.50 Å². The highest BCUT2D eigenvalue weighted by Gasteiger charge is 2.30. The largest absolute Gasteiger partial charge is 0.388 e. The first-order chi connectivity index (χ1) is 8.45. The molecule has 1 aromatic rings. The molecule has 0 aliphatic heterocycles. The van der Waals surface area contributed by atoms with Crippen LogP contribution in [-0.2, 0) is 0 Å². The fraction of sp³-hybridized carbons (Fsp3) is 0.600. The molecule has 3 atom stereocenters. The third-order valence-electron chi connectivity index (χ3n) is 3.89. The van der Waals surface area contributed by atoms with Crippen molar-refractivity contribution in [2.24, 2.45) is 17.8 Å². The number of halogens is 2. The lowest BCUT2D eigenvalue weighted by molar-refractivity contribution is 0.0550. The Kier molecular flexibility index (Phi) is 4.29.